The van der Waals surface area contributed by atoms with E-state index in [2.05, 4.69) is 19.8 Å². The Labute approximate surface area is 119 Å². The monoisotopic (exact) mass is 278 g/mol. The third-order valence-electron chi connectivity index (χ3n) is 4.08. The molecule has 1 aromatic rings. The van der Waals surface area contributed by atoms with Gasteiger partial charge in [0.1, 0.15) is 0 Å². The van der Waals surface area contributed by atoms with E-state index in [4.69, 9.17) is 9.47 Å². The van der Waals surface area contributed by atoms with Crippen molar-refractivity contribution in [2.75, 3.05) is 51.4 Å². The van der Waals surface area contributed by atoms with Crippen molar-refractivity contribution in [2.24, 2.45) is 0 Å². The maximum absolute atomic E-state index is 5.58. The fraction of sp³-hybridized carbons (Fsp3) is 0.714. The van der Waals surface area contributed by atoms with Crippen molar-refractivity contribution in [3.05, 3.63) is 12.3 Å². The van der Waals surface area contributed by atoms with Gasteiger partial charge in [0.2, 0.25) is 11.8 Å². The molecule has 1 aromatic heterocycles. The molecule has 0 aromatic carbocycles. The molecular formula is C14H22N4O2. The standard InChI is InChI=1S/C14H22N4O2/c1-19-13-4-5-15-14(16-13)18-8-6-17(7-9-18)12-3-2-10-20-11-12/h4-5,12H,2-3,6-11H2,1H3/t12-/m0/s1. The van der Waals surface area contributed by atoms with Gasteiger partial charge in [-0.15, -0.1) is 0 Å². The SMILES string of the molecule is COc1ccnc(N2CCN([C@H]3CCCOC3)CC2)n1. The molecule has 0 unspecified atom stereocenters. The highest BCUT2D eigenvalue weighted by molar-refractivity contribution is 5.32. The van der Waals surface area contributed by atoms with Gasteiger partial charge in [-0.25, -0.2) is 4.98 Å². The average Bonchev–Trinajstić information content (AvgIpc) is 2.56. The Morgan fingerprint density at radius 3 is 2.85 bits per heavy atom. The van der Waals surface area contributed by atoms with Gasteiger partial charge in [-0.05, 0) is 12.8 Å². The van der Waals surface area contributed by atoms with Gasteiger partial charge in [0.25, 0.3) is 0 Å². The molecule has 3 rings (SSSR count). The summed E-state index contributed by atoms with van der Waals surface area (Å²) in [6, 6.07) is 2.37. The summed E-state index contributed by atoms with van der Waals surface area (Å²) in [5, 5.41) is 0. The van der Waals surface area contributed by atoms with Gasteiger partial charge in [0.05, 0.1) is 13.7 Å². The minimum Gasteiger partial charge on any atom is -0.481 e. The molecule has 0 radical (unpaired) electrons. The molecule has 0 N–H and O–H groups in total. The van der Waals surface area contributed by atoms with Crippen LogP contribution in [0.15, 0.2) is 12.3 Å². The van der Waals surface area contributed by atoms with Gasteiger partial charge in [-0.1, -0.05) is 0 Å². The molecular weight excluding hydrogens is 256 g/mol. The van der Waals surface area contributed by atoms with Crippen molar-refractivity contribution in [1.29, 1.82) is 0 Å². The number of piperazine rings is 1. The Bertz CT molecular complexity index is 429. The zero-order valence-corrected chi connectivity index (χ0v) is 12.0. The second-order valence-electron chi connectivity index (χ2n) is 5.29. The van der Waals surface area contributed by atoms with Crippen molar-refractivity contribution < 1.29 is 9.47 Å². The fourth-order valence-corrected chi connectivity index (χ4v) is 2.90. The Kier molecular flexibility index (Phi) is 4.32. The predicted molar refractivity (Wildman–Crippen MR) is 76.2 cm³/mol. The average molecular weight is 278 g/mol. The van der Waals surface area contributed by atoms with Crippen molar-refractivity contribution in [1.82, 2.24) is 14.9 Å². The van der Waals surface area contributed by atoms with E-state index in [9.17, 15) is 0 Å². The molecule has 2 fully saturated rings. The Balaban J connectivity index is 1.57. The topological polar surface area (TPSA) is 50.7 Å². The highest BCUT2D eigenvalue weighted by Crippen LogP contribution is 2.18. The molecule has 0 aliphatic carbocycles. The summed E-state index contributed by atoms with van der Waals surface area (Å²) in [5.41, 5.74) is 0. The van der Waals surface area contributed by atoms with Crippen LogP contribution in [0.25, 0.3) is 0 Å². The first kappa shape index (κ1) is 13.6. The lowest BCUT2D eigenvalue weighted by atomic mass is 10.1. The summed E-state index contributed by atoms with van der Waals surface area (Å²) in [7, 11) is 1.63. The number of aromatic nitrogens is 2. The number of nitrogens with zero attached hydrogens (tertiary/aromatic N) is 4. The van der Waals surface area contributed by atoms with E-state index < -0.39 is 0 Å². The molecule has 110 valence electrons. The lowest BCUT2D eigenvalue weighted by Gasteiger charge is -2.40. The Hall–Kier alpha value is -1.40. The van der Waals surface area contributed by atoms with Crippen LogP contribution in [0.4, 0.5) is 5.95 Å². The second-order valence-corrected chi connectivity index (χ2v) is 5.29. The quantitative estimate of drug-likeness (QED) is 0.814. The summed E-state index contributed by atoms with van der Waals surface area (Å²) < 4.78 is 10.7. The number of ether oxygens (including phenoxy) is 2. The largest absolute Gasteiger partial charge is 0.481 e. The van der Waals surface area contributed by atoms with E-state index in [-0.39, 0.29) is 0 Å². The molecule has 0 amide bonds. The first-order chi connectivity index (χ1) is 9.86. The highest BCUT2D eigenvalue weighted by Gasteiger charge is 2.26. The molecule has 0 saturated carbocycles. The molecule has 1 atom stereocenters. The van der Waals surface area contributed by atoms with Crippen LogP contribution in [-0.4, -0.2) is 67.4 Å². The van der Waals surface area contributed by atoms with Gasteiger partial charge in [0, 0.05) is 51.1 Å². The van der Waals surface area contributed by atoms with E-state index in [1.165, 1.54) is 12.8 Å². The number of anilines is 1. The summed E-state index contributed by atoms with van der Waals surface area (Å²) in [6.45, 7) is 5.83. The normalized spacial score (nSPS) is 24.6. The number of methoxy groups -OCH3 is 1. The lowest BCUT2D eigenvalue weighted by Crippen LogP contribution is -2.52. The van der Waals surface area contributed by atoms with Gasteiger partial charge >= 0.3 is 0 Å². The number of hydrogen-bond acceptors (Lipinski definition) is 6. The predicted octanol–water partition coefficient (Wildman–Crippen LogP) is 0.786. The zero-order valence-electron chi connectivity index (χ0n) is 12.0. The molecule has 6 nitrogen and oxygen atoms in total. The van der Waals surface area contributed by atoms with Crippen LogP contribution < -0.4 is 9.64 Å². The van der Waals surface area contributed by atoms with E-state index in [1.54, 1.807) is 19.4 Å². The van der Waals surface area contributed by atoms with Crippen LogP contribution in [0, 0.1) is 0 Å². The van der Waals surface area contributed by atoms with Crippen LogP contribution in [0.1, 0.15) is 12.8 Å². The zero-order chi connectivity index (χ0) is 13.8. The van der Waals surface area contributed by atoms with Gasteiger partial charge in [-0.3, -0.25) is 4.90 Å². The number of hydrogen-bond donors (Lipinski definition) is 0. The van der Waals surface area contributed by atoms with Crippen LogP contribution in [-0.2, 0) is 4.74 Å². The second kappa shape index (κ2) is 6.37. The van der Waals surface area contributed by atoms with Crippen molar-refractivity contribution in [3.8, 4) is 5.88 Å². The maximum Gasteiger partial charge on any atom is 0.228 e. The van der Waals surface area contributed by atoms with Gasteiger partial charge in [0.15, 0.2) is 0 Å². The third-order valence-corrected chi connectivity index (χ3v) is 4.08. The van der Waals surface area contributed by atoms with Crippen molar-refractivity contribution in [3.63, 3.8) is 0 Å². The summed E-state index contributed by atoms with van der Waals surface area (Å²) in [6.07, 6.45) is 4.20. The van der Waals surface area contributed by atoms with E-state index >= 15 is 0 Å². The summed E-state index contributed by atoms with van der Waals surface area (Å²) in [4.78, 5) is 13.5. The molecule has 20 heavy (non-hydrogen) atoms. The molecule has 3 heterocycles. The van der Waals surface area contributed by atoms with Crippen LogP contribution >= 0.6 is 0 Å². The van der Waals surface area contributed by atoms with Crippen LogP contribution in [0.2, 0.25) is 0 Å². The molecule has 6 heteroatoms. The smallest absolute Gasteiger partial charge is 0.228 e. The molecule has 2 aliphatic heterocycles. The fourth-order valence-electron chi connectivity index (χ4n) is 2.90. The van der Waals surface area contributed by atoms with Crippen LogP contribution in [0.5, 0.6) is 5.88 Å². The first-order valence-electron chi connectivity index (χ1n) is 7.30. The maximum atomic E-state index is 5.58. The highest BCUT2D eigenvalue weighted by atomic mass is 16.5. The first-order valence-corrected chi connectivity index (χ1v) is 7.30. The van der Waals surface area contributed by atoms with Crippen LogP contribution in [0.3, 0.4) is 0 Å². The van der Waals surface area contributed by atoms with Gasteiger partial charge < -0.3 is 14.4 Å². The van der Waals surface area contributed by atoms with E-state index in [1.807, 2.05) is 0 Å². The minimum atomic E-state index is 0.595. The minimum absolute atomic E-state index is 0.595. The van der Waals surface area contributed by atoms with Crippen molar-refractivity contribution in [2.45, 2.75) is 18.9 Å². The van der Waals surface area contributed by atoms with E-state index in [0.717, 1.165) is 45.3 Å². The van der Waals surface area contributed by atoms with Crippen molar-refractivity contribution >= 4 is 5.95 Å². The Morgan fingerprint density at radius 2 is 2.15 bits per heavy atom. The molecule has 0 spiro atoms. The summed E-state index contributed by atoms with van der Waals surface area (Å²) in [5.74, 6) is 1.39. The molecule has 0 bridgehead atoms. The molecule has 2 aliphatic rings. The Morgan fingerprint density at radius 1 is 1.30 bits per heavy atom. The lowest BCUT2D eigenvalue weighted by molar-refractivity contribution is 0.0158. The number of rotatable bonds is 3. The van der Waals surface area contributed by atoms with Gasteiger partial charge in [-0.2, -0.15) is 4.98 Å². The third kappa shape index (κ3) is 3.02. The van der Waals surface area contributed by atoms with E-state index in [0.29, 0.717) is 11.9 Å². The molecule has 2 saturated heterocycles. The summed E-state index contributed by atoms with van der Waals surface area (Å²) >= 11 is 0.